The van der Waals surface area contributed by atoms with Crippen LogP contribution in [0.25, 0.3) is 0 Å². The van der Waals surface area contributed by atoms with Gasteiger partial charge in [0, 0.05) is 24.3 Å². The van der Waals surface area contributed by atoms with Crippen LogP contribution >= 0.6 is 0 Å². The van der Waals surface area contributed by atoms with E-state index in [0.29, 0.717) is 4.90 Å². The first-order chi connectivity index (χ1) is 16.4. The Morgan fingerprint density at radius 2 is 1.66 bits per heavy atom. The van der Waals surface area contributed by atoms with Gasteiger partial charge in [-0.15, -0.1) is 0 Å². The number of hydrogen-bond acceptors (Lipinski definition) is 7. The van der Waals surface area contributed by atoms with Crippen LogP contribution in [-0.2, 0) is 14.8 Å². The Morgan fingerprint density at radius 3 is 2.23 bits per heavy atom. The maximum absolute atomic E-state index is 13.3. The van der Waals surface area contributed by atoms with E-state index in [0.717, 1.165) is 0 Å². The van der Waals surface area contributed by atoms with Crippen molar-refractivity contribution < 1.29 is 27.6 Å². The van der Waals surface area contributed by atoms with Crippen molar-refractivity contribution in [3.63, 3.8) is 0 Å². The second-order valence-corrected chi connectivity index (χ2v) is 10.3. The Kier molecular flexibility index (Phi) is 7.41. The number of benzene rings is 2. The van der Waals surface area contributed by atoms with E-state index in [-0.39, 0.29) is 40.4 Å². The summed E-state index contributed by atoms with van der Waals surface area (Å²) in [4.78, 5) is 52.4. The van der Waals surface area contributed by atoms with E-state index >= 15 is 0 Å². The van der Waals surface area contributed by atoms with E-state index in [9.17, 15) is 27.6 Å². The first-order valence-electron chi connectivity index (χ1n) is 11.2. The van der Waals surface area contributed by atoms with Crippen LogP contribution in [0, 0.1) is 5.92 Å². The van der Waals surface area contributed by atoms with Crippen LogP contribution in [0.2, 0.25) is 0 Å². The van der Waals surface area contributed by atoms with E-state index in [1.165, 1.54) is 46.8 Å². The van der Waals surface area contributed by atoms with Crippen molar-refractivity contribution in [1.29, 1.82) is 0 Å². The summed E-state index contributed by atoms with van der Waals surface area (Å²) in [5, 5.41) is 2.55. The second kappa shape index (κ2) is 9.96. The highest BCUT2D eigenvalue weighted by Crippen LogP contribution is 2.28. The molecule has 3 rings (SSSR count). The lowest BCUT2D eigenvalue weighted by Crippen LogP contribution is -2.52. The maximum atomic E-state index is 13.3. The van der Waals surface area contributed by atoms with Gasteiger partial charge in [-0.1, -0.05) is 39.8 Å². The van der Waals surface area contributed by atoms with Crippen LogP contribution < -0.4 is 11.1 Å². The molecule has 0 fully saturated rings. The average Bonchev–Trinajstić information content (AvgIpc) is 3.08. The standard InChI is InChI=1S/C24H28N4O6S/c1-5-27(6-2)35(33,34)16-10-7-9-15(13-16)21(29)26-20(14(3)4)24(32)28-22(30)17-11-8-12-18(25)19(17)23(28)31/h7-14,20H,5-6,25H2,1-4H3,(H,26,29). The Labute approximate surface area is 204 Å². The molecule has 2 aromatic rings. The molecule has 1 heterocycles. The van der Waals surface area contributed by atoms with Crippen molar-refractivity contribution in [1.82, 2.24) is 14.5 Å². The number of nitrogens with one attached hydrogen (secondary N) is 1. The molecule has 0 radical (unpaired) electrons. The number of carbonyl (C=O) groups is 4. The van der Waals surface area contributed by atoms with Crippen molar-refractivity contribution >= 4 is 39.3 Å². The summed E-state index contributed by atoms with van der Waals surface area (Å²) < 4.78 is 26.9. The fraction of sp³-hybridized carbons (Fsp3) is 0.333. The molecule has 3 N–H and O–H groups in total. The number of hydrogen-bond donors (Lipinski definition) is 2. The zero-order chi connectivity index (χ0) is 26.1. The summed E-state index contributed by atoms with van der Waals surface area (Å²) >= 11 is 0. The lowest BCUT2D eigenvalue weighted by Gasteiger charge is -2.25. The fourth-order valence-corrected chi connectivity index (χ4v) is 5.40. The highest BCUT2D eigenvalue weighted by Gasteiger charge is 2.44. The van der Waals surface area contributed by atoms with Crippen LogP contribution in [0.5, 0.6) is 0 Å². The molecule has 4 amide bonds. The number of amides is 4. The number of nitrogens with two attached hydrogens (primary N) is 1. The Balaban J connectivity index is 1.88. The predicted octanol–water partition coefficient (Wildman–Crippen LogP) is 1.88. The van der Waals surface area contributed by atoms with Gasteiger partial charge in [0.05, 0.1) is 16.0 Å². The third-order valence-corrected chi connectivity index (χ3v) is 7.87. The molecule has 186 valence electrons. The highest BCUT2D eigenvalue weighted by molar-refractivity contribution is 7.89. The van der Waals surface area contributed by atoms with Gasteiger partial charge in [0.25, 0.3) is 23.6 Å². The van der Waals surface area contributed by atoms with Gasteiger partial charge < -0.3 is 11.1 Å². The third kappa shape index (κ3) is 4.69. The minimum atomic E-state index is -3.80. The van der Waals surface area contributed by atoms with Crippen molar-refractivity contribution in [3.8, 4) is 0 Å². The van der Waals surface area contributed by atoms with Gasteiger partial charge in [0.15, 0.2) is 0 Å². The first kappa shape index (κ1) is 26.0. The molecule has 35 heavy (non-hydrogen) atoms. The Morgan fingerprint density at radius 1 is 1.03 bits per heavy atom. The third-order valence-electron chi connectivity index (χ3n) is 5.83. The molecule has 0 saturated heterocycles. The SMILES string of the molecule is CCN(CC)S(=O)(=O)c1cccc(C(=O)NC(C(=O)N2C(=O)c3cccc(N)c3C2=O)C(C)C)c1. The minimum absolute atomic E-state index is 0.0169. The number of nitrogen functional groups attached to an aromatic ring is 1. The minimum Gasteiger partial charge on any atom is -0.398 e. The van der Waals surface area contributed by atoms with Crippen LogP contribution in [-0.4, -0.2) is 60.4 Å². The van der Waals surface area contributed by atoms with Gasteiger partial charge in [-0.3, -0.25) is 19.2 Å². The van der Waals surface area contributed by atoms with Crippen molar-refractivity contribution in [2.24, 2.45) is 5.92 Å². The summed E-state index contributed by atoms with van der Waals surface area (Å²) in [7, 11) is -3.80. The van der Waals surface area contributed by atoms with Gasteiger partial charge >= 0.3 is 0 Å². The van der Waals surface area contributed by atoms with Gasteiger partial charge in [-0.05, 0) is 36.2 Å². The molecule has 1 atom stereocenters. The normalized spacial score (nSPS) is 14.4. The largest absolute Gasteiger partial charge is 0.398 e. The molecule has 10 nitrogen and oxygen atoms in total. The summed E-state index contributed by atoms with van der Waals surface area (Å²) in [5.74, 6) is -3.76. The average molecular weight is 501 g/mol. The van der Waals surface area contributed by atoms with E-state index in [1.54, 1.807) is 27.7 Å². The van der Waals surface area contributed by atoms with E-state index in [2.05, 4.69) is 5.32 Å². The smallest absolute Gasteiger partial charge is 0.270 e. The van der Waals surface area contributed by atoms with Gasteiger partial charge in [0.2, 0.25) is 10.0 Å². The van der Waals surface area contributed by atoms with Gasteiger partial charge in [-0.2, -0.15) is 4.31 Å². The molecule has 1 aliphatic rings. The summed E-state index contributed by atoms with van der Waals surface area (Å²) in [6.45, 7) is 7.26. The summed E-state index contributed by atoms with van der Waals surface area (Å²) in [6.07, 6.45) is 0. The molecule has 0 aromatic heterocycles. The molecule has 0 bridgehead atoms. The van der Waals surface area contributed by atoms with E-state index in [1.807, 2.05) is 0 Å². The van der Waals surface area contributed by atoms with E-state index in [4.69, 9.17) is 5.73 Å². The summed E-state index contributed by atoms with van der Waals surface area (Å²) in [5.41, 5.74) is 5.90. The molecular formula is C24H28N4O6S. The molecule has 1 aliphatic heterocycles. The van der Waals surface area contributed by atoms with E-state index < -0.39 is 45.6 Å². The van der Waals surface area contributed by atoms with Crippen molar-refractivity contribution in [2.75, 3.05) is 18.8 Å². The van der Waals surface area contributed by atoms with Crippen LogP contribution in [0.15, 0.2) is 47.4 Å². The van der Waals surface area contributed by atoms with Crippen molar-refractivity contribution in [2.45, 2.75) is 38.6 Å². The molecule has 11 heteroatoms. The molecule has 0 saturated carbocycles. The topological polar surface area (TPSA) is 147 Å². The lowest BCUT2D eigenvalue weighted by atomic mass is 10.0. The fourth-order valence-electron chi connectivity index (χ4n) is 3.90. The number of nitrogens with zero attached hydrogens (tertiary/aromatic N) is 2. The Bertz CT molecular complexity index is 1300. The molecule has 0 spiro atoms. The van der Waals surface area contributed by atoms with Gasteiger partial charge in [0.1, 0.15) is 6.04 Å². The lowest BCUT2D eigenvalue weighted by molar-refractivity contribution is -0.129. The number of carbonyl (C=O) groups excluding carboxylic acids is 4. The first-order valence-corrected chi connectivity index (χ1v) is 12.6. The molecular weight excluding hydrogens is 472 g/mol. The number of sulfonamides is 1. The zero-order valence-electron chi connectivity index (χ0n) is 19.9. The molecule has 1 unspecified atom stereocenters. The van der Waals surface area contributed by atoms with Crippen LogP contribution in [0.4, 0.5) is 5.69 Å². The zero-order valence-corrected chi connectivity index (χ0v) is 20.8. The van der Waals surface area contributed by atoms with Crippen molar-refractivity contribution in [3.05, 3.63) is 59.2 Å². The molecule has 2 aromatic carbocycles. The van der Waals surface area contributed by atoms with Crippen LogP contribution in [0.1, 0.15) is 58.8 Å². The number of fused-ring (bicyclic) bond motifs is 1. The number of anilines is 1. The van der Waals surface area contributed by atoms with Gasteiger partial charge in [-0.25, -0.2) is 13.3 Å². The number of imide groups is 3. The highest BCUT2D eigenvalue weighted by atomic mass is 32.2. The second-order valence-electron chi connectivity index (χ2n) is 8.37. The Hall–Kier alpha value is -3.57. The quantitative estimate of drug-likeness (QED) is 0.415. The monoisotopic (exact) mass is 500 g/mol. The predicted molar refractivity (Wildman–Crippen MR) is 129 cm³/mol. The number of rotatable bonds is 8. The maximum Gasteiger partial charge on any atom is 0.270 e. The summed E-state index contributed by atoms with van der Waals surface area (Å²) in [6, 6.07) is 8.61. The molecule has 0 aliphatic carbocycles. The van der Waals surface area contributed by atoms with Crippen LogP contribution in [0.3, 0.4) is 0 Å².